The second-order valence-corrected chi connectivity index (χ2v) is 4.92. The zero-order valence-electron chi connectivity index (χ0n) is 10.7. The Hall–Kier alpha value is -1.30. The van der Waals surface area contributed by atoms with E-state index in [0.717, 1.165) is 0 Å². The lowest BCUT2D eigenvalue weighted by Crippen LogP contribution is -2.42. The van der Waals surface area contributed by atoms with Gasteiger partial charge in [0, 0.05) is 24.8 Å². The summed E-state index contributed by atoms with van der Waals surface area (Å²) < 4.78 is 38.4. The number of aliphatic hydroxyl groups is 1. The minimum atomic E-state index is -4.17. The van der Waals surface area contributed by atoms with Crippen molar-refractivity contribution >= 4 is 5.82 Å². The standard InChI is InChI=1S/C13H17F3N2O/c1-9(19)11-5-2-6-17-12(11)18-7-3-4-10(8-18)13(14,15)16/h2,5-6,9-10,19H,3-4,7-8H2,1H3/t9-,10?/m1/s1. The van der Waals surface area contributed by atoms with E-state index in [1.54, 1.807) is 30.2 Å². The van der Waals surface area contributed by atoms with E-state index in [1.165, 1.54) is 0 Å². The zero-order valence-corrected chi connectivity index (χ0v) is 10.7. The molecule has 1 unspecified atom stereocenters. The van der Waals surface area contributed by atoms with Crippen molar-refractivity contribution in [3.63, 3.8) is 0 Å². The van der Waals surface area contributed by atoms with Crippen molar-refractivity contribution in [3.05, 3.63) is 23.9 Å². The van der Waals surface area contributed by atoms with Crippen LogP contribution in [0.25, 0.3) is 0 Å². The van der Waals surface area contributed by atoms with E-state index in [4.69, 9.17) is 0 Å². The molecule has 3 nitrogen and oxygen atoms in total. The summed E-state index contributed by atoms with van der Waals surface area (Å²) in [5.74, 6) is -0.850. The highest BCUT2D eigenvalue weighted by atomic mass is 19.4. The number of halogens is 3. The molecule has 0 saturated carbocycles. The molecule has 2 heterocycles. The molecule has 106 valence electrons. The molecule has 1 saturated heterocycles. The second-order valence-electron chi connectivity index (χ2n) is 4.92. The smallest absolute Gasteiger partial charge is 0.389 e. The fourth-order valence-corrected chi connectivity index (χ4v) is 2.44. The molecule has 0 aromatic carbocycles. The molecule has 1 fully saturated rings. The molecule has 1 N–H and O–H groups in total. The van der Waals surface area contributed by atoms with Gasteiger partial charge in [0.1, 0.15) is 5.82 Å². The molecule has 0 amide bonds. The number of aliphatic hydroxyl groups excluding tert-OH is 1. The number of anilines is 1. The lowest BCUT2D eigenvalue weighted by Gasteiger charge is -2.35. The van der Waals surface area contributed by atoms with Crippen LogP contribution in [0.2, 0.25) is 0 Å². The molecule has 2 atom stereocenters. The van der Waals surface area contributed by atoms with Crippen LogP contribution in [0.5, 0.6) is 0 Å². The van der Waals surface area contributed by atoms with E-state index in [0.29, 0.717) is 24.3 Å². The predicted octanol–water partition coefficient (Wildman–Crippen LogP) is 2.91. The van der Waals surface area contributed by atoms with E-state index in [9.17, 15) is 18.3 Å². The van der Waals surface area contributed by atoms with Crippen molar-refractivity contribution in [1.29, 1.82) is 0 Å². The van der Waals surface area contributed by atoms with E-state index in [1.807, 2.05) is 0 Å². The van der Waals surface area contributed by atoms with Gasteiger partial charge in [-0.2, -0.15) is 13.2 Å². The van der Waals surface area contributed by atoms with Crippen LogP contribution in [0.3, 0.4) is 0 Å². The minimum absolute atomic E-state index is 0.0831. The third kappa shape index (κ3) is 3.18. The van der Waals surface area contributed by atoms with Gasteiger partial charge < -0.3 is 10.0 Å². The topological polar surface area (TPSA) is 36.4 Å². The van der Waals surface area contributed by atoms with Gasteiger partial charge >= 0.3 is 6.18 Å². The summed E-state index contributed by atoms with van der Waals surface area (Å²) in [6.45, 7) is 2.05. The summed E-state index contributed by atoms with van der Waals surface area (Å²) in [4.78, 5) is 5.77. The Balaban J connectivity index is 2.22. The molecule has 1 aliphatic rings. The maximum absolute atomic E-state index is 12.8. The van der Waals surface area contributed by atoms with Gasteiger partial charge in [0.05, 0.1) is 12.0 Å². The second kappa shape index (κ2) is 5.36. The Morgan fingerprint density at radius 2 is 2.21 bits per heavy atom. The SMILES string of the molecule is C[C@@H](O)c1cccnc1N1CCCC(C(F)(F)F)C1. The summed E-state index contributed by atoms with van der Waals surface area (Å²) in [5, 5.41) is 9.67. The molecule has 0 spiro atoms. The quantitative estimate of drug-likeness (QED) is 0.900. The molecule has 1 aromatic rings. The lowest BCUT2D eigenvalue weighted by atomic mass is 9.97. The average Bonchev–Trinajstić information content (AvgIpc) is 2.38. The number of aromatic nitrogens is 1. The maximum Gasteiger partial charge on any atom is 0.393 e. The number of rotatable bonds is 2. The van der Waals surface area contributed by atoms with Crippen LogP contribution in [0.15, 0.2) is 18.3 Å². The number of alkyl halides is 3. The van der Waals surface area contributed by atoms with Gasteiger partial charge in [-0.3, -0.25) is 0 Å². The van der Waals surface area contributed by atoms with E-state index < -0.39 is 18.2 Å². The van der Waals surface area contributed by atoms with Gasteiger partial charge in [-0.25, -0.2) is 4.98 Å². The fourth-order valence-electron chi connectivity index (χ4n) is 2.44. The number of hydrogen-bond acceptors (Lipinski definition) is 3. The van der Waals surface area contributed by atoms with Crippen LogP contribution >= 0.6 is 0 Å². The zero-order chi connectivity index (χ0) is 14.0. The van der Waals surface area contributed by atoms with Gasteiger partial charge in [-0.15, -0.1) is 0 Å². The Morgan fingerprint density at radius 1 is 1.47 bits per heavy atom. The summed E-state index contributed by atoms with van der Waals surface area (Å²) >= 11 is 0. The van der Waals surface area contributed by atoms with Crippen molar-refractivity contribution in [1.82, 2.24) is 4.98 Å². The highest BCUT2D eigenvalue weighted by molar-refractivity contribution is 5.48. The van der Waals surface area contributed by atoms with E-state index in [2.05, 4.69) is 4.98 Å². The summed E-state index contributed by atoms with van der Waals surface area (Å²) in [6, 6.07) is 3.38. The first-order valence-electron chi connectivity index (χ1n) is 6.34. The van der Waals surface area contributed by atoms with Crippen molar-refractivity contribution in [3.8, 4) is 0 Å². The molecule has 6 heteroatoms. The molecular formula is C13H17F3N2O. The molecule has 2 rings (SSSR count). The lowest BCUT2D eigenvalue weighted by molar-refractivity contribution is -0.176. The molecule has 19 heavy (non-hydrogen) atoms. The van der Waals surface area contributed by atoms with E-state index >= 15 is 0 Å². The van der Waals surface area contributed by atoms with Crippen LogP contribution in [0, 0.1) is 5.92 Å². The van der Waals surface area contributed by atoms with Crippen molar-refractivity contribution in [2.24, 2.45) is 5.92 Å². The van der Waals surface area contributed by atoms with Crippen molar-refractivity contribution < 1.29 is 18.3 Å². The summed E-state index contributed by atoms with van der Waals surface area (Å²) in [5.41, 5.74) is 0.574. The highest BCUT2D eigenvalue weighted by Crippen LogP contribution is 2.35. The molecule has 0 aliphatic carbocycles. The third-order valence-corrected chi connectivity index (χ3v) is 3.45. The normalized spacial score (nSPS) is 22.4. The van der Waals surface area contributed by atoms with Crippen LogP contribution in [-0.2, 0) is 0 Å². The predicted molar refractivity (Wildman–Crippen MR) is 65.9 cm³/mol. The average molecular weight is 274 g/mol. The van der Waals surface area contributed by atoms with Gasteiger partial charge in [-0.1, -0.05) is 6.07 Å². The van der Waals surface area contributed by atoms with Crippen molar-refractivity contribution in [2.75, 3.05) is 18.0 Å². The third-order valence-electron chi connectivity index (χ3n) is 3.45. The Labute approximate surface area is 110 Å². The fraction of sp³-hybridized carbons (Fsp3) is 0.615. The van der Waals surface area contributed by atoms with Gasteiger partial charge in [0.2, 0.25) is 0 Å². The summed E-state index contributed by atoms with van der Waals surface area (Å²) in [7, 11) is 0. The van der Waals surface area contributed by atoms with E-state index in [-0.39, 0.29) is 13.0 Å². The Morgan fingerprint density at radius 3 is 2.84 bits per heavy atom. The Kier molecular flexibility index (Phi) is 3.99. The van der Waals surface area contributed by atoms with Crippen LogP contribution in [0.1, 0.15) is 31.4 Å². The minimum Gasteiger partial charge on any atom is -0.389 e. The largest absolute Gasteiger partial charge is 0.393 e. The van der Waals surface area contributed by atoms with Gasteiger partial charge in [0.15, 0.2) is 0 Å². The molecule has 0 bridgehead atoms. The van der Waals surface area contributed by atoms with Crippen molar-refractivity contribution in [2.45, 2.75) is 32.0 Å². The first-order chi connectivity index (χ1) is 8.89. The summed E-state index contributed by atoms with van der Waals surface area (Å²) in [6.07, 6.45) is -2.72. The molecule has 1 aliphatic heterocycles. The van der Waals surface area contributed by atoms with Crippen LogP contribution in [-0.4, -0.2) is 29.4 Å². The monoisotopic (exact) mass is 274 g/mol. The molecule has 1 aromatic heterocycles. The van der Waals surface area contributed by atoms with Gasteiger partial charge in [0.25, 0.3) is 0 Å². The highest BCUT2D eigenvalue weighted by Gasteiger charge is 2.42. The number of nitrogens with zero attached hydrogens (tertiary/aromatic N) is 2. The number of piperidine rings is 1. The van der Waals surface area contributed by atoms with Crippen LogP contribution in [0.4, 0.5) is 19.0 Å². The van der Waals surface area contributed by atoms with Gasteiger partial charge in [-0.05, 0) is 25.8 Å². The first-order valence-corrected chi connectivity index (χ1v) is 6.34. The molecular weight excluding hydrogens is 257 g/mol. The number of pyridine rings is 1. The molecule has 0 radical (unpaired) electrons. The first kappa shape index (κ1) is 14.1. The Bertz CT molecular complexity index is 434. The number of hydrogen-bond donors (Lipinski definition) is 1. The van der Waals surface area contributed by atoms with Crippen LogP contribution < -0.4 is 4.90 Å². The maximum atomic E-state index is 12.8.